The molecule has 0 aromatic carbocycles. The Balaban J connectivity index is 2.74. The van der Waals surface area contributed by atoms with Crippen molar-refractivity contribution in [1.29, 1.82) is 0 Å². The number of carboxylic acids is 1. The van der Waals surface area contributed by atoms with Crippen LogP contribution < -0.4 is 5.73 Å². The molecule has 2 atom stereocenters. The minimum absolute atomic E-state index is 0.0120. The average Bonchev–Trinajstić information content (AvgIpc) is 2.72. The zero-order valence-corrected chi connectivity index (χ0v) is 11.5. The van der Waals surface area contributed by atoms with Crippen LogP contribution in [-0.2, 0) is 9.59 Å². The lowest BCUT2D eigenvalue weighted by Gasteiger charge is -2.29. The third-order valence-corrected chi connectivity index (χ3v) is 3.31. The van der Waals surface area contributed by atoms with Crippen molar-refractivity contribution in [3.05, 3.63) is 0 Å². The van der Waals surface area contributed by atoms with E-state index in [4.69, 9.17) is 10.8 Å². The first-order valence-corrected chi connectivity index (χ1v) is 6.49. The maximum Gasteiger partial charge on any atom is 0.326 e. The van der Waals surface area contributed by atoms with Crippen molar-refractivity contribution in [3.63, 3.8) is 0 Å². The third kappa shape index (κ3) is 3.70. The van der Waals surface area contributed by atoms with Gasteiger partial charge in [-0.1, -0.05) is 20.8 Å². The molecule has 0 saturated carbocycles. The molecular formula is C13H24N2O3. The summed E-state index contributed by atoms with van der Waals surface area (Å²) in [5.74, 6) is -1.28. The number of carbonyl (C=O) groups is 2. The van der Waals surface area contributed by atoms with Crippen molar-refractivity contribution in [2.75, 3.05) is 13.1 Å². The van der Waals surface area contributed by atoms with Crippen molar-refractivity contribution in [2.45, 2.75) is 46.1 Å². The van der Waals surface area contributed by atoms with Crippen molar-refractivity contribution in [1.82, 2.24) is 4.90 Å². The first-order chi connectivity index (χ1) is 8.26. The van der Waals surface area contributed by atoms with Crippen LogP contribution >= 0.6 is 0 Å². The van der Waals surface area contributed by atoms with E-state index in [1.165, 1.54) is 4.90 Å². The molecular weight excluding hydrogens is 232 g/mol. The summed E-state index contributed by atoms with van der Waals surface area (Å²) in [4.78, 5) is 24.9. The molecule has 1 aliphatic heterocycles. The van der Waals surface area contributed by atoms with Gasteiger partial charge in [-0.25, -0.2) is 4.79 Å². The minimum Gasteiger partial charge on any atom is -0.480 e. The van der Waals surface area contributed by atoms with E-state index in [-0.39, 0.29) is 23.8 Å². The fourth-order valence-corrected chi connectivity index (χ4v) is 2.53. The Hall–Kier alpha value is -1.10. The van der Waals surface area contributed by atoms with Gasteiger partial charge >= 0.3 is 5.97 Å². The predicted molar refractivity (Wildman–Crippen MR) is 69.0 cm³/mol. The van der Waals surface area contributed by atoms with Crippen molar-refractivity contribution < 1.29 is 14.7 Å². The van der Waals surface area contributed by atoms with E-state index >= 15 is 0 Å². The van der Waals surface area contributed by atoms with Gasteiger partial charge in [-0.15, -0.1) is 0 Å². The number of hydrogen-bond donors (Lipinski definition) is 2. The molecule has 0 aromatic rings. The van der Waals surface area contributed by atoms with Gasteiger partial charge in [0.15, 0.2) is 0 Å². The largest absolute Gasteiger partial charge is 0.480 e. The summed E-state index contributed by atoms with van der Waals surface area (Å²) >= 11 is 0. The monoisotopic (exact) mass is 256 g/mol. The second kappa shape index (κ2) is 5.69. The highest BCUT2D eigenvalue weighted by Gasteiger charge is 2.37. The quantitative estimate of drug-likeness (QED) is 0.788. The van der Waals surface area contributed by atoms with Crippen LogP contribution in [0, 0.1) is 11.3 Å². The predicted octanol–water partition coefficient (Wildman–Crippen LogP) is 1.07. The standard InChI is InChI=1S/C13H24N2O3/c1-13(2,3)7-9(8-14)11(16)15-6-4-5-10(15)12(17)18/h9-10H,4-8,14H2,1-3H3,(H,17,18). The van der Waals surface area contributed by atoms with Crippen LogP contribution in [0.2, 0.25) is 0 Å². The summed E-state index contributed by atoms with van der Waals surface area (Å²) in [6.45, 7) is 6.99. The average molecular weight is 256 g/mol. The molecule has 1 saturated heterocycles. The van der Waals surface area contributed by atoms with Gasteiger partial charge < -0.3 is 15.7 Å². The number of carbonyl (C=O) groups excluding carboxylic acids is 1. The number of aliphatic carboxylic acids is 1. The molecule has 0 radical (unpaired) electrons. The van der Waals surface area contributed by atoms with Gasteiger partial charge in [0, 0.05) is 13.1 Å². The summed E-state index contributed by atoms with van der Waals surface area (Å²) in [5.41, 5.74) is 5.69. The second-order valence-electron chi connectivity index (χ2n) is 6.23. The summed E-state index contributed by atoms with van der Waals surface area (Å²) < 4.78 is 0. The normalized spacial score (nSPS) is 22.0. The number of amides is 1. The van der Waals surface area contributed by atoms with Crippen LogP contribution in [0.15, 0.2) is 0 Å². The van der Waals surface area contributed by atoms with Crippen LogP contribution in [0.4, 0.5) is 0 Å². The van der Waals surface area contributed by atoms with Gasteiger partial charge in [0.25, 0.3) is 0 Å². The summed E-state index contributed by atoms with van der Waals surface area (Å²) in [5, 5.41) is 9.09. The molecule has 0 bridgehead atoms. The molecule has 1 fully saturated rings. The van der Waals surface area contributed by atoms with Crippen LogP contribution in [-0.4, -0.2) is 41.0 Å². The van der Waals surface area contributed by atoms with E-state index in [9.17, 15) is 9.59 Å². The number of carboxylic acid groups (broad SMARTS) is 1. The SMILES string of the molecule is CC(C)(C)CC(CN)C(=O)N1CCCC1C(=O)O. The van der Waals surface area contributed by atoms with Gasteiger partial charge in [0.1, 0.15) is 6.04 Å². The molecule has 0 aromatic heterocycles. The Labute approximate surface area is 108 Å². The molecule has 1 aliphatic rings. The topological polar surface area (TPSA) is 83.6 Å². The maximum absolute atomic E-state index is 12.4. The lowest BCUT2D eigenvalue weighted by Crippen LogP contribution is -2.46. The highest BCUT2D eigenvalue weighted by molar-refractivity contribution is 5.85. The van der Waals surface area contributed by atoms with Gasteiger partial charge in [0.05, 0.1) is 5.92 Å². The number of hydrogen-bond acceptors (Lipinski definition) is 3. The molecule has 2 unspecified atom stereocenters. The lowest BCUT2D eigenvalue weighted by atomic mass is 9.84. The Kier molecular flexibility index (Phi) is 4.73. The zero-order valence-electron chi connectivity index (χ0n) is 11.5. The Morgan fingerprint density at radius 3 is 2.50 bits per heavy atom. The Morgan fingerprint density at radius 2 is 2.06 bits per heavy atom. The molecule has 1 rings (SSSR count). The third-order valence-electron chi connectivity index (χ3n) is 3.31. The molecule has 0 spiro atoms. The molecule has 5 nitrogen and oxygen atoms in total. The van der Waals surface area contributed by atoms with Crippen molar-refractivity contribution in [2.24, 2.45) is 17.1 Å². The molecule has 1 heterocycles. The smallest absolute Gasteiger partial charge is 0.326 e. The second-order valence-corrected chi connectivity index (χ2v) is 6.23. The highest BCUT2D eigenvalue weighted by atomic mass is 16.4. The Morgan fingerprint density at radius 1 is 1.44 bits per heavy atom. The molecule has 1 amide bonds. The van der Waals surface area contributed by atoms with E-state index < -0.39 is 12.0 Å². The van der Waals surface area contributed by atoms with Crippen molar-refractivity contribution in [3.8, 4) is 0 Å². The van der Waals surface area contributed by atoms with Crippen LogP contribution in [0.5, 0.6) is 0 Å². The minimum atomic E-state index is -0.910. The number of nitrogens with zero attached hydrogens (tertiary/aromatic N) is 1. The first kappa shape index (κ1) is 15.0. The van der Waals surface area contributed by atoms with E-state index in [2.05, 4.69) is 20.8 Å². The van der Waals surface area contributed by atoms with Crippen LogP contribution in [0.1, 0.15) is 40.0 Å². The van der Waals surface area contributed by atoms with E-state index in [1.54, 1.807) is 0 Å². The van der Waals surface area contributed by atoms with E-state index in [0.29, 0.717) is 19.4 Å². The van der Waals surface area contributed by atoms with Gasteiger partial charge in [-0.3, -0.25) is 4.79 Å². The molecule has 18 heavy (non-hydrogen) atoms. The summed E-state index contributed by atoms with van der Waals surface area (Å²) in [6.07, 6.45) is 1.99. The van der Waals surface area contributed by atoms with E-state index in [1.807, 2.05) is 0 Å². The number of nitrogens with two attached hydrogens (primary N) is 1. The Bertz CT molecular complexity index is 323. The zero-order chi connectivity index (χ0) is 13.9. The highest BCUT2D eigenvalue weighted by Crippen LogP contribution is 2.27. The maximum atomic E-state index is 12.4. The fraction of sp³-hybridized carbons (Fsp3) is 0.846. The molecule has 104 valence electrons. The van der Waals surface area contributed by atoms with Crippen LogP contribution in [0.3, 0.4) is 0 Å². The van der Waals surface area contributed by atoms with Crippen molar-refractivity contribution >= 4 is 11.9 Å². The first-order valence-electron chi connectivity index (χ1n) is 6.49. The summed E-state index contributed by atoms with van der Waals surface area (Å²) in [7, 11) is 0. The van der Waals surface area contributed by atoms with Crippen LogP contribution in [0.25, 0.3) is 0 Å². The van der Waals surface area contributed by atoms with Gasteiger partial charge in [0.2, 0.25) is 5.91 Å². The lowest BCUT2D eigenvalue weighted by molar-refractivity contribution is -0.150. The molecule has 3 N–H and O–H groups in total. The van der Waals surface area contributed by atoms with Gasteiger partial charge in [-0.2, -0.15) is 0 Å². The van der Waals surface area contributed by atoms with E-state index in [0.717, 1.165) is 6.42 Å². The summed E-state index contributed by atoms with van der Waals surface area (Å²) in [6, 6.07) is -0.661. The fourth-order valence-electron chi connectivity index (χ4n) is 2.53. The molecule has 0 aliphatic carbocycles. The number of likely N-dealkylation sites (tertiary alicyclic amines) is 1. The number of rotatable bonds is 4. The molecule has 5 heteroatoms. The van der Waals surface area contributed by atoms with Gasteiger partial charge in [-0.05, 0) is 24.7 Å².